The lowest BCUT2D eigenvalue weighted by molar-refractivity contribution is 0.0964. The second-order valence-corrected chi connectivity index (χ2v) is 8.64. The van der Waals surface area contributed by atoms with Gasteiger partial charge in [-0.2, -0.15) is 0 Å². The predicted molar refractivity (Wildman–Crippen MR) is 108 cm³/mol. The van der Waals surface area contributed by atoms with Crippen LogP contribution in [0, 0.1) is 5.82 Å². The highest BCUT2D eigenvalue weighted by atomic mass is 32.2. The van der Waals surface area contributed by atoms with E-state index in [0.717, 1.165) is 11.8 Å². The lowest BCUT2D eigenvalue weighted by Crippen LogP contribution is -2.18. The molecule has 8 heteroatoms. The van der Waals surface area contributed by atoms with E-state index in [0.29, 0.717) is 40.0 Å². The van der Waals surface area contributed by atoms with Crippen LogP contribution >= 0.6 is 0 Å². The second-order valence-electron chi connectivity index (χ2n) is 6.50. The summed E-state index contributed by atoms with van der Waals surface area (Å²) >= 11 is 0. The van der Waals surface area contributed by atoms with Gasteiger partial charge in [-0.15, -0.1) is 0 Å². The maximum absolute atomic E-state index is 13.3. The molecule has 1 amide bonds. The summed E-state index contributed by atoms with van der Waals surface area (Å²) < 4.78 is 42.2. The number of rotatable bonds is 6. The summed E-state index contributed by atoms with van der Waals surface area (Å²) in [5, 5.41) is 6.14. The fourth-order valence-electron chi connectivity index (χ4n) is 3.01. The minimum Gasteiger partial charge on any atom is -0.455 e. The van der Waals surface area contributed by atoms with Crippen LogP contribution in [0.2, 0.25) is 0 Å². The van der Waals surface area contributed by atoms with Gasteiger partial charge in [0.1, 0.15) is 23.0 Å². The van der Waals surface area contributed by atoms with Gasteiger partial charge in [-0.05, 0) is 42.3 Å². The molecule has 2 aromatic carbocycles. The summed E-state index contributed by atoms with van der Waals surface area (Å²) in [6.07, 6.45) is 1.78. The molecule has 0 fully saturated rings. The first-order chi connectivity index (χ1) is 13.2. The van der Waals surface area contributed by atoms with Crippen LogP contribution in [-0.4, -0.2) is 33.5 Å². The fourth-order valence-corrected chi connectivity index (χ4v) is 3.43. The third-order valence-corrected chi connectivity index (χ3v) is 5.05. The van der Waals surface area contributed by atoms with Crippen LogP contribution in [0.15, 0.2) is 40.8 Å². The number of carbonyl (C=O) groups is 1. The van der Waals surface area contributed by atoms with E-state index in [1.165, 1.54) is 19.2 Å². The molecule has 0 spiro atoms. The molecule has 3 rings (SSSR count). The molecule has 0 aliphatic rings. The monoisotopic (exact) mass is 404 g/mol. The summed E-state index contributed by atoms with van der Waals surface area (Å²) in [7, 11) is -1.68. The van der Waals surface area contributed by atoms with Crippen molar-refractivity contribution in [3.63, 3.8) is 0 Å². The molecule has 2 N–H and O–H groups in total. The van der Waals surface area contributed by atoms with Gasteiger partial charge in [0.25, 0.3) is 5.91 Å². The molecule has 0 atom stereocenters. The van der Waals surface area contributed by atoms with Gasteiger partial charge in [0.05, 0.1) is 5.56 Å². The van der Waals surface area contributed by atoms with Crippen LogP contribution in [0.4, 0.5) is 10.1 Å². The zero-order valence-corrected chi connectivity index (χ0v) is 16.6. The Labute approximate surface area is 162 Å². The number of furan rings is 1. The number of benzene rings is 2. The number of sulfone groups is 1. The van der Waals surface area contributed by atoms with E-state index in [4.69, 9.17) is 4.42 Å². The van der Waals surface area contributed by atoms with Gasteiger partial charge in [-0.1, -0.05) is 6.92 Å². The molecule has 0 aliphatic heterocycles. The number of nitrogens with one attached hydrogen (secondary N) is 2. The van der Waals surface area contributed by atoms with Gasteiger partial charge in [0.2, 0.25) is 0 Å². The number of aryl methyl sites for hydroxylation is 1. The molecule has 0 saturated heterocycles. The quantitative estimate of drug-likeness (QED) is 0.656. The summed E-state index contributed by atoms with van der Waals surface area (Å²) in [4.78, 5) is 12.6. The third-order valence-electron chi connectivity index (χ3n) is 4.38. The van der Waals surface area contributed by atoms with Crippen molar-refractivity contribution in [2.45, 2.75) is 13.3 Å². The SMILES string of the molecule is CCc1cc2c(C(=O)NC)c(-c3ccc(F)cc3)oc2cc1NCS(C)(=O)=O. The molecule has 28 heavy (non-hydrogen) atoms. The van der Waals surface area contributed by atoms with Crippen LogP contribution in [0.5, 0.6) is 0 Å². The van der Waals surface area contributed by atoms with Crippen molar-refractivity contribution in [2.75, 3.05) is 24.5 Å². The highest BCUT2D eigenvalue weighted by Crippen LogP contribution is 2.36. The number of fused-ring (bicyclic) bond motifs is 1. The Bertz CT molecular complexity index is 1140. The molecule has 3 aromatic rings. The Kier molecular flexibility index (Phi) is 5.42. The first kappa shape index (κ1) is 19.9. The molecule has 1 aromatic heterocycles. The van der Waals surface area contributed by atoms with Crippen LogP contribution in [0.1, 0.15) is 22.8 Å². The molecule has 148 valence electrons. The summed E-state index contributed by atoms with van der Waals surface area (Å²) in [5.74, 6) is -0.588. The van der Waals surface area contributed by atoms with Gasteiger partial charge < -0.3 is 15.1 Å². The Hall–Kier alpha value is -2.87. The number of amides is 1. The van der Waals surface area contributed by atoms with Crippen LogP contribution in [-0.2, 0) is 16.3 Å². The highest BCUT2D eigenvalue weighted by molar-refractivity contribution is 7.90. The third kappa shape index (κ3) is 4.01. The lowest BCUT2D eigenvalue weighted by atomic mass is 10.0. The van der Waals surface area contributed by atoms with Crippen molar-refractivity contribution in [3.8, 4) is 11.3 Å². The number of carbonyl (C=O) groups excluding carboxylic acids is 1. The minimum atomic E-state index is -3.21. The van der Waals surface area contributed by atoms with Crippen molar-refractivity contribution in [3.05, 3.63) is 53.3 Å². The van der Waals surface area contributed by atoms with E-state index in [9.17, 15) is 17.6 Å². The van der Waals surface area contributed by atoms with Crippen molar-refractivity contribution in [1.82, 2.24) is 5.32 Å². The van der Waals surface area contributed by atoms with Crippen LogP contribution < -0.4 is 10.6 Å². The summed E-state index contributed by atoms with van der Waals surface area (Å²) in [6, 6.07) is 9.20. The normalized spacial score (nSPS) is 11.6. The number of hydrogen-bond donors (Lipinski definition) is 2. The van der Waals surface area contributed by atoms with E-state index in [2.05, 4.69) is 10.6 Å². The lowest BCUT2D eigenvalue weighted by Gasteiger charge is -2.10. The Morgan fingerprint density at radius 2 is 1.86 bits per heavy atom. The standard InChI is InChI=1S/C20H21FN2O4S/c1-4-12-9-15-17(10-16(12)23-11-28(3,25)26)27-19(18(15)20(24)22-2)13-5-7-14(21)8-6-13/h5-10,23H,4,11H2,1-3H3,(H,22,24). The molecular formula is C20H21FN2O4S. The highest BCUT2D eigenvalue weighted by Gasteiger charge is 2.23. The topological polar surface area (TPSA) is 88.4 Å². The van der Waals surface area contributed by atoms with Crippen molar-refractivity contribution in [2.24, 2.45) is 0 Å². The van der Waals surface area contributed by atoms with Gasteiger partial charge in [0, 0.05) is 36.0 Å². The minimum absolute atomic E-state index is 0.209. The molecule has 0 saturated carbocycles. The van der Waals surface area contributed by atoms with E-state index in [1.54, 1.807) is 18.2 Å². The van der Waals surface area contributed by atoms with Crippen molar-refractivity contribution < 1.29 is 22.0 Å². The van der Waals surface area contributed by atoms with Gasteiger partial charge in [0.15, 0.2) is 9.84 Å². The number of halogens is 1. The predicted octanol–water partition coefficient (Wildman–Crippen LogP) is 3.57. The smallest absolute Gasteiger partial charge is 0.255 e. The average molecular weight is 404 g/mol. The van der Waals surface area contributed by atoms with Crippen molar-refractivity contribution in [1.29, 1.82) is 0 Å². The first-order valence-corrected chi connectivity index (χ1v) is 10.8. The molecule has 6 nitrogen and oxygen atoms in total. The number of anilines is 1. The maximum Gasteiger partial charge on any atom is 0.255 e. The molecule has 0 radical (unpaired) electrons. The zero-order chi connectivity index (χ0) is 20.5. The van der Waals surface area contributed by atoms with Crippen LogP contribution in [0.3, 0.4) is 0 Å². The Balaban J connectivity index is 2.21. The van der Waals surface area contributed by atoms with Gasteiger partial charge >= 0.3 is 0 Å². The number of hydrogen-bond acceptors (Lipinski definition) is 5. The molecule has 1 heterocycles. The molecule has 0 unspecified atom stereocenters. The largest absolute Gasteiger partial charge is 0.455 e. The van der Waals surface area contributed by atoms with E-state index in [-0.39, 0.29) is 17.6 Å². The summed E-state index contributed by atoms with van der Waals surface area (Å²) in [6.45, 7) is 1.94. The Morgan fingerprint density at radius 1 is 1.18 bits per heavy atom. The maximum atomic E-state index is 13.3. The second kappa shape index (κ2) is 7.63. The van der Waals surface area contributed by atoms with E-state index >= 15 is 0 Å². The molecular weight excluding hydrogens is 383 g/mol. The van der Waals surface area contributed by atoms with E-state index in [1.807, 2.05) is 13.0 Å². The first-order valence-electron chi connectivity index (χ1n) is 8.72. The average Bonchev–Trinajstić information content (AvgIpc) is 3.03. The fraction of sp³-hybridized carbons (Fsp3) is 0.250. The summed E-state index contributed by atoms with van der Waals surface area (Å²) in [5.41, 5.74) is 2.84. The van der Waals surface area contributed by atoms with E-state index < -0.39 is 9.84 Å². The van der Waals surface area contributed by atoms with Crippen LogP contribution in [0.25, 0.3) is 22.3 Å². The zero-order valence-electron chi connectivity index (χ0n) is 15.8. The van der Waals surface area contributed by atoms with Crippen molar-refractivity contribution >= 4 is 32.4 Å². The van der Waals surface area contributed by atoms with Gasteiger partial charge in [-0.25, -0.2) is 12.8 Å². The molecule has 0 aliphatic carbocycles. The Morgan fingerprint density at radius 3 is 2.43 bits per heavy atom. The molecule has 0 bridgehead atoms. The van der Waals surface area contributed by atoms with Gasteiger partial charge in [-0.3, -0.25) is 4.79 Å².